The van der Waals surface area contributed by atoms with Crippen LogP contribution in [0.15, 0.2) is 59.5 Å². The van der Waals surface area contributed by atoms with Gasteiger partial charge in [0.2, 0.25) is 0 Å². The molecule has 26 heavy (non-hydrogen) atoms. The van der Waals surface area contributed by atoms with Crippen LogP contribution >= 0.6 is 0 Å². The summed E-state index contributed by atoms with van der Waals surface area (Å²) in [5.41, 5.74) is 1.19. The minimum Gasteiger partial charge on any atom is -0.488 e. The third-order valence-corrected chi connectivity index (χ3v) is 7.66. The second-order valence-corrected chi connectivity index (χ2v) is 9.74. The number of sulfone groups is 1. The van der Waals surface area contributed by atoms with Crippen molar-refractivity contribution in [2.45, 2.75) is 29.9 Å². The Hall–Kier alpha value is -1.85. The molecule has 0 atom stereocenters. The lowest BCUT2D eigenvalue weighted by Gasteiger charge is -2.40. The molecule has 5 heteroatoms. The van der Waals surface area contributed by atoms with Gasteiger partial charge in [0.1, 0.15) is 18.9 Å². The molecule has 140 valence electrons. The van der Waals surface area contributed by atoms with Gasteiger partial charge in [0, 0.05) is 12.8 Å². The molecule has 1 aliphatic rings. The molecule has 1 saturated heterocycles. The van der Waals surface area contributed by atoms with E-state index in [0.29, 0.717) is 24.3 Å². The van der Waals surface area contributed by atoms with Crippen molar-refractivity contribution < 1.29 is 17.6 Å². The fourth-order valence-corrected chi connectivity index (χ4v) is 5.35. The van der Waals surface area contributed by atoms with E-state index >= 15 is 0 Å². The van der Waals surface area contributed by atoms with Gasteiger partial charge in [0.25, 0.3) is 0 Å². The van der Waals surface area contributed by atoms with E-state index in [-0.39, 0.29) is 5.25 Å². The average Bonchev–Trinajstić information content (AvgIpc) is 2.63. The van der Waals surface area contributed by atoms with Gasteiger partial charge < -0.3 is 9.22 Å². The summed E-state index contributed by atoms with van der Waals surface area (Å²) in [4.78, 5) is 0.448. The number of likely N-dealkylation sites (tertiary alicyclic amines) is 1. The number of rotatable bonds is 6. The summed E-state index contributed by atoms with van der Waals surface area (Å²) in [7, 11) is -1.02. The number of benzene rings is 2. The molecule has 2 aromatic carbocycles. The van der Waals surface area contributed by atoms with Crippen LogP contribution in [0, 0.1) is 6.92 Å². The highest BCUT2D eigenvalue weighted by atomic mass is 32.2. The number of quaternary nitrogens is 1. The maximum Gasteiger partial charge on any atom is 0.181 e. The fourth-order valence-electron chi connectivity index (χ4n) is 3.59. The van der Waals surface area contributed by atoms with Crippen molar-refractivity contribution in [3.63, 3.8) is 0 Å². The standard InChI is InChI=1S/C21H28NO3S/c1-18-7-6-8-19(17-18)25-16-15-22(2)13-11-21(12-14-22)26(23,24)20-9-4-3-5-10-20/h3-10,17,21H,11-16H2,1-2H3/q+1. The number of nitrogens with zero attached hydrogens (tertiary/aromatic N) is 1. The number of aryl methyl sites for hydroxylation is 1. The minimum atomic E-state index is -3.22. The van der Waals surface area contributed by atoms with Crippen LogP contribution < -0.4 is 4.74 Å². The van der Waals surface area contributed by atoms with E-state index in [0.717, 1.165) is 29.9 Å². The molecule has 3 rings (SSSR count). The molecule has 2 aromatic rings. The lowest BCUT2D eigenvalue weighted by Crippen LogP contribution is -2.53. The molecule has 0 amide bonds. The third kappa shape index (κ3) is 4.46. The Morgan fingerprint density at radius 3 is 2.38 bits per heavy atom. The first-order valence-electron chi connectivity index (χ1n) is 9.21. The van der Waals surface area contributed by atoms with E-state index in [1.54, 1.807) is 24.3 Å². The highest BCUT2D eigenvalue weighted by molar-refractivity contribution is 7.92. The monoisotopic (exact) mass is 374 g/mol. The third-order valence-electron chi connectivity index (χ3n) is 5.38. The van der Waals surface area contributed by atoms with Crippen LogP contribution in [-0.2, 0) is 9.84 Å². The Labute approximate surface area is 156 Å². The maximum absolute atomic E-state index is 12.8. The number of hydrogen-bond donors (Lipinski definition) is 0. The fraction of sp³-hybridized carbons (Fsp3) is 0.429. The zero-order valence-electron chi connectivity index (χ0n) is 15.6. The molecule has 1 aliphatic heterocycles. The van der Waals surface area contributed by atoms with E-state index in [4.69, 9.17) is 4.74 Å². The Bertz CT molecular complexity index is 825. The van der Waals surface area contributed by atoms with Gasteiger partial charge in [-0.1, -0.05) is 30.3 Å². The highest BCUT2D eigenvalue weighted by Crippen LogP contribution is 2.27. The number of hydrogen-bond acceptors (Lipinski definition) is 3. The highest BCUT2D eigenvalue weighted by Gasteiger charge is 2.37. The summed E-state index contributed by atoms with van der Waals surface area (Å²) in [6.07, 6.45) is 1.41. The van der Waals surface area contributed by atoms with Crippen molar-refractivity contribution in [3.05, 3.63) is 60.2 Å². The predicted octanol–water partition coefficient (Wildman–Crippen LogP) is 3.46. The second kappa shape index (κ2) is 7.80. The van der Waals surface area contributed by atoms with Gasteiger partial charge in [-0.05, 0) is 36.8 Å². The van der Waals surface area contributed by atoms with Gasteiger partial charge in [-0.15, -0.1) is 0 Å². The van der Waals surface area contributed by atoms with E-state index in [1.165, 1.54) is 5.56 Å². The van der Waals surface area contributed by atoms with Crippen molar-refractivity contribution in [1.82, 2.24) is 0 Å². The molecule has 0 N–H and O–H groups in total. The van der Waals surface area contributed by atoms with E-state index in [9.17, 15) is 8.42 Å². The first kappa shape index (κ1) is 18.9. The lowest BCUT2D eigenvalue weighted by molar-refractivity contribution is -0.913. The zero-order valence-corrected chi connectivity index (χ0v) is 16.4. The molecule has 0 aromatic heterocycles. The molecule has 0 aliphatic carbocycles. The van der Waals surface area contributed by atoms with Gasteiger partial charge in [-0.25, -0.2) is 8.42 Å². The Kier molecular flexibility index (Phi) is 5.68. The summed E-state index contributed by atoms with van der Waals surface area (Å²) in [6.45, 7) is 5.34. The number of likely N-dealkylation sites (N-methyl/N-ethyl adjacent to an activating group) is 1. The molecule has 0 spiro atoms. The zero-order chi connectivity index (χ0) is 18.6. The molecule has 0 bridgehead atoms. The van der Waals surface area contributed by atoms with E-state index in [1.807, 2.05) is 24.3 Å². The van der Waals surface area contributed by atoms with E-state index in [2.05, 4.69) is 20.0 Å². The van der Waals surface area contributed by atoms with Crippen molar-refractivity contribution in [3.8, 4) is 5.75 Å². The van der Waals surface area contributed by atoms with E-state index < -0.39 is 9.84 Å². The molecule has 0 unspecified atom stereocenters. The van der Waals surface area contributed by atoms with Crippen LogP contribution in [0.25, 0.3) is 0 Å². The summed E-state index contributed by atoms with van der Waals surface area (Å²) in [5, 5.41) is -0.270. The number of piperidine rings is 1. The summed E-state index contributed by atoms with van der Waals surface area (Å²) >= 11 is 0. The van der Waals surface area contributed by atoms with Crippen LogP contribution in [-0.4, -0.2) is 51.4 Å². The minimum absolute atomic E-state index is 0.270. The van der Waals surface area contributed by atoms with Crippen LogP contribution in [0.5, 0.6) is 5.75 Å². The molecule has 4 nitrogen and oxygen atoms in total. The Morgan fingerprint density at radius 2 is 1.73 bits per heavy atom. The molecule has 1 heterocycles. The quantitative estimate of drug-likeness (QED) is 0.728. The maximum atomic E-state index is 12.8. The first-order chi connectivity index (χ1) is 12.4. The van der Waals surface area contributed by atoms with Crippen molar-refractivity contribution in [1.29, 1.82) is 0 Å². The average molecular weight is 375 g/mol. The summed E-state index contributed by atoms with van der Waals surface area (Å²) in [5.74, 6) is 0.901. The van der Waals surface area contributed by atoms with Crippen LogP contribution in [0.3, 0.4) is 0 Å². The van der Waals surface area contributed by atoms with Crippen molar-refractivity contribution in [2.24, 2.45) is 0 Å². The van der Waals surface area contributed by atoms with Crippen LogP contribution in [0.1, 0.15) is 18.4 Å². The lowest BCUT2D eigenvalue weighted by atomic mass is 10.1. The summed E-state index contributed by atoms with van der Waals surface area (Å²) < 4.78 is 32.3. The SMILES string of the molecule is Cc1cccc(OCC[N+]2(C)CCC(S(=O)(=O)c3ccccc3)CC2)c1. The Morgan fingerprint density at radius 1 is 1.04 bits per heavy atom. The molecule has 0 saturated carbocycles. The second-order valence-electron chi connectivity index (χ2n) is 7.51. The molecule has 0 radical (unpaired) electrons. The molecular formula is C21H28NO3S+. The van der Waals surface area contributed by atoms with Gasteiger partial charge in [-0.2, -0.15) is 0 Å². The van der Waals surface area contributed by atoms with Gasteiger partial charge in [0.05, 0.1) is 30.3 Å². The number of ether oxygens (including phenoxy) is 1. The van der Waals surface area contributed by atoms with Crippen molar-refractivity contribution >= 4 is 9.84 Å². The van der Waals surface area contributed by atoms with Crippen LogP contribution in [0.4, 0.5) is 0 Å². The first-order valence-corrected chi connectivity index (χ1v) is 10.8. The largest absolute Gasteiger partial charge is 0.488 e. The van der Waals surface area contributed by atoms with Gasteiger partial charge in [0.15, 0.2) is 9.84 Å². The normalized spacial score (nSPS) is 23.5. The summed E-state index contributed by atoms with van der Waals surface area (Å²) in [6, 6.07) is 16.9. The van der Waals surface area contributed by atoms with Gasteiger partial charge in [-0.3, -0.25) is 0 Å². The Balaban J connectivity index is 1.54. The molecule has 1 fully saturated rings. The van der Waals surface area contributed by atoms with Crippen molar-refractivity contribution in [2.75, 3.05) is 33.3 Å². The van der Waals surface area contributed by atoms with Gasteiger partial charge >= 0.3 is 0 Å². The van der Waals surface area contributed by atoms with Crippen LogP contribution in [0.2, 0.25) is 0 Å². The predicted molar refractivity (Wildman–Crippen MR) is 104 cm³/mol. The topological polar surface area (TPSA) is 43.4 Å². The smallest absolute Gasteiger partial charge is 0.181 e. The molecular weight excluding hydrogens is 346 g/mol.